The van der Waals surface area contributed by atoms with E-state index in [0.717, 1.165) is 42.7 Å². The lowest BCUT2D eigenvalue weighted by molar-refractivity contribution is 0.124. The number of rotatable bonds is 9. The maximum atomic E-state index is 6.03. The maximum absolute atomic E-state index is 6.03. The average Bonchev–Trinajstić information content (AvgIpc) is 2.81. The molecule has 5 nitrogen and oxygen atoms in total. The predicted molar refractivity (Wildman–Crippen MR) is 85.7 cm³/mol. The highest BCUT2D eigenvalue weighted by molar-refractivity contribution is 5.84. The largest absolute Gasteiger partial charge is 0.491 e. The molecular weight excluding hydrogens is 266 g/mol. The van der Waals surface area contributed by atoms with Gasteiger partial charge in [-0.15, -0.1) is 0 Å². The van der Waals surface area contributed by atoms with E-state index in [9.17, 15) is 0 Å². The van der Waals surface area contributed by atoms with Crippen molar-refractivity contribution in [1.82, 2.24) is 9.55 Å². The van der Waals surface area contributed by atoms with E-state index in [1.54, 1.807) is 0 Å². The second kappa shape index (κ2) is 7.88. The molecule has 0 saturated heterocycles. The number of nitrogens with zero attached hydrogens (tertiary/aromatic N) is 2. The Bertz CT molecular complexity index is 566. The van der Waals surface area contributed by atoms with Crippen LogP contribution in [0.25, 0.3) is 11.0 Å². The van der Waals surface area contributed by atoms with Crippen LogP contribution in [0.2, 0.25) is 0 Å². The summed E-state index contributed by atoms with van der Waals surface area (Å²) in [5, 5.41) is 0. The van der Waals surface area contributed by atoms with Gasteiger partial charge in [0.05, 0.1) is 18.7 Å². The van der Waals surface area contributed by atoms with Gasteiger partial charge < -0.3 is 19.8 Å². The van der Waals surface area contributed by atoms with Gasteiger partial charge in [-0.2, -0.15) is 0 Å². The van der Waals surface area contributed by atoms with Crippen LogP contribution < -0.4 is 10.5 Å². The summed E-state index contributed by atoms with van der Waals surface area (Å²) in [5.74, 6) is 1.31. The first-order valence-electron chi connectivity index (χ1n) is 7.73. The van der Waals surface area contributed by atoms with Crippen LogP contribution in [0.5, 0.6) is 5.75 Å². The number of imidazole rings is 1. The van der Waals surface area contributed by atoms with Crippen LogP contribution in [0.4, 0.5) is 5.95 Å². The molecule has 2 rings (SSSR count). The van der Waals surface area contributed by atoms with Crippen LogP contribution in [0, 0.1) is 0 Å². The van der Waals surface area contributed by atoms with E-state index in [1.807, 2.05) is 22.8 Å². The lowest BCUT2D eigenvalue weighted by Crippen LogP contribution is -2.09. The van der Waals surface area contributed by atoms with Gasteiger partial charge in [0.1, 0.15) is 11.3 Å². The van der Waals surface area contributed by atoms with E-state index >= 15 is 0 Å². The van der Waals surface area contributed by atoms with Crippen LogP contribution in [0.1, 0.15) is 33.1 Å². The Hall–Kier alpha value is -1.75. The number of nitrogens with two attached hydrogens (primary N) is 1. The van der Waals surface area contributed by atoms with Crippen molar-refractivity contribution < 1.29 is 9.47 Å². The molecule has 0 unspecified atom stereocenters. The monoisotopic (exact) mass is 291 g/mol. The third kappa shape index (κ3) is 3.88. The number of hydrogen-bond donors (Lipinski definition) is 1. The van der Waals surface area contributed by atoms with Gasteiger partial charge in [-0.05, 0) is 25.0 Å². The number of benzene rings is 1. The molecule has 0 atom stereocenters. The molecule has 0 aliphatic heterocycles. The van der Waals surface area contributed by atoms with Gasteiger partial charge in [-0.25, -0.2) is 4.98 Å². The molecule has 0 radical (unpaired) electrons. The summed E-state index contributed by atoms with van der Waals surface area (Å²) in [6, 6.07) is 5.93. The van der Waals surface area contributed by atoms with Crippen molar-refractivity contribution in [2.24, 2.45) is 0 Å². The maximum Gasteiger partial charge on any atom is 0.201 e. The first-order chi connectivity index (χ1) is 10.3. The van der Waals surface area contributed by atoms with Gasteiger partial charge in [0.25, 0.3) is 0 Å². The van der Waals surface area contributed by atoms with E-state index in [4.69, 9.17) is 15.2 Å². The van der Waals surface area contributed by atoms with Crippen LogP contribution in [0.15, 0.2) is 18.2 Å². The zero-order valence-electron chi connectivity index (χ0n) is 13.0. The van der Waals surface area contributed by atoms with E-state index in [0.29, 0.717) is 25.7 Å². The van der Waals surface area contributed by atoms with Crippen molar-refractivity contribution in [3.63, 3.8) is 0 Å². The molecule has 116 valence electrons. The van der Waals surface area contributed by atoms with Crippen molar-refractivity contribution in [3.8, 4) is 5.75 Å². The number of fused-ring (bicyclic) bond motifs is 1. The van der Waals surface area contributed by atoms with Gasteiger partial charge >= 0.3 is 0 Å². The van der Waals surface area contributed by atoms with Crippen molar-refractivity contribution >= 4 is 17.0 Å². The molecule has 0 bridgehead atoms. The van der Waals surface area contributed by atoms with Gasteiger partial charge in [0.2, 0.25) is 5.95 Å². The van der Waals surface area contributed by atoms with E-state index in [-0.39, 0.29) is 0 Å². The highest BCUT2D eigenvalue weighted by Gasteiger charge is 2.12. The molecule has 2 N–H and O–H groups in total. The lowest BCUT2D eigenvalue weighted by Gasteiger charge is -2.08. The minimum absolute atomic E-state index is 0.511. The molecule has 0 fully saturated rings. The number of para-hydroxylation sites is 1. The Kier molecular flexibility index (Phi) is 5.87. The molecule has 1 heterocycles. The van der Waals surface area contributed by atoms with Gasteiger partial charge in [-0.3, -0.25) is 0 Å². The number of unbranched alkanes of at least 4 members (excludes halogenated alkanes) is 1. The van der Waals surface area contributed by atoms with Crippen molar-refractivity contribution in [1.29, 1.82) is 0 Å². The Morgan fingerprint density at radius 2 is 2.00 bits per heavy atom. The number of hydrogen-bond acceptors (Lipinski definition) is 4. The Balaban J connectivity index is 2.11. The number of anilines is 1. The lowest BCUT2D eigenvalue weighted by atomic mass is 10.3. The minimum atomic E-state index is 0.511. The molecule has 0 aliphatic rings. The highest BCUT2D eigenvalue weighted by atomic mass is 16.5. The van der Waals surface area contributed by atoms with E-state index in [2.05, 4.69) is 18.8 Å². The molecule has 1 aromatic carbocycles. The fourth-order valence-corrected chi connectivity index (χ4v) is 2.21. The summed E-state index contributed by atoms with van der Waals surface area (Å²) in [7, 11) is 0. The Morgan fingerprint density at radius 1 is 1.14 bits per heavy atom. The standard InChI is InChI=1S/C16H25N3O2/c1-3-5-11-20-12-9-19-13-7-6-8-14(21-10-4-2)15(13)18-16(19)17/h6-8H,3-5,9-12H2,1-2H3,(H2,17,18). The topological polar surface area (TPSA) is 62.3 Å². The van der Waals surface area contributed by atoms with Crippen molar-refractivity contribution in [2.75, 3.05) is 25.6 Å². The van der Waals surface area contributed by atoms with Crippen LogP contribution >= 0.6 is 0 Å². The van der Waals surface area contributed by atoms with Crippen LogP contribution in [-0.4, -0.2) is 29.4 Å². The van der Waals surface area contributed by atoms with Gasteiger partial charge in [-0.1, -0.05) is 26.3 Å². The molecular formula is C16H25N3O2. The normalized spacial score (nSPS) is 11.1. The molecule has 5 heteroatoms. The van der Waals surface area contributed by atoms with Gasteiger partial charge in [0, 0.05) is 13.2 Å². The van der Waals surface area contributed by atoms with E-state index < -0.39 is 0 Å². The SMILES string of the molecule is CCCCOCCn1c(N)nc2c(OCCC)cccc21. The fraction of sp³-hybridized carbons (Fsp3) is 0.562. The third-order valence-corrected chi connectivity index (χ3v) is 3.33. The van der Waals surface area contributed by atoms with Crippen molar-refractivity contribution in [3.05, 3.63) is 18.2 Å². The molecule has 0 saturated carbocycles. The van der Waals surface area contributed by atoms with Crippen molar-refractivity contribution in [2.45, 2.75) is 39.7 Å². The molecule has 2 aromatic rings. The number of nitrogen functional groups attached to an aromatic ring is 1. The highest BCUT2D eigenvalue weighted by Crippen LogP contribution is 2.27. The minimum Gasteiger partial charge on any atom is -0.491 e. The molecule has 21 heavy (non-hydrogen) atoms. The summed E-state index contributed by atoms with van der Waals surface area (Å²) in [5.41, 5.74) is 7.86. The Morgan fingerprint density at radius 3 is 2.76 bits per heavy atom. The second-order valence-corrected chi connectivity index (χ2v) is 5.06. The summed E-state index contributed by atoms with van der Waals surface area (Å²) < 4.78 is 13.3. The number of aromatic nitrogens is 2. The predicted octanol–water partition coefficient (Wildman–Crippen LogP) is 3.22. The summed E-state index contributed by atoms with van der Waals surface area (Å²) in [6.45, 7) is 7.09. The zero-order chi connectivity index (χ0) is 15.1. The molecule has 1 aromatic heterocycles. The Labute approximate surface area is 126 Å². The summed E-state index contributed by atoms with van der Waals surface area (Å²) >= 11 is 0. The molecule has 0 amide bonds. The first-order valence-corrected chi connectivity index (χ1v) is 7.73. The molecule has 0 spiro atoms. The van der Waals surface area contributed by atoms with Gasteiger partial charge in [0.15, 0.2) is 0 Å². The third-order valence-electron chi connectivity index (χ3n) is 3.33. The fourth-order valence-electron chi connectivity index (χ4n) is 2.21. The quantitative estimate of drug-likeness (QED) is 0.721. The second-order valence-electron chi connectivity index (χ2n) is 5.06. The van der Waals surface area contributed by atoms with E-state index in [1.165, 1.54) is 0 Å². The van der Waals surface area contributed by atoms with Crippen LogP contribution in [-0.2, 0) is 11.3 Å². The zero-order valence-corrected chi connectivity index (χ0v) is 13.0. The first kappa shape index (κ1) is 15.6. The average molecular weight is 291 g/mol. The molecule has 0 aliphatic carbocycles. The summed E-state index contributed by atoms with van der Waals surface area (Å²) in [4.78, 5) is 4.44. The number of ether oxygens (including phenoxy) is 2. The summed E-state index contributed by atoms with van der Waals surface area (Å²) in [6.07, 6.45) is 3.21. The van der Waals surface area contributed by atoms with Crippen LogP contribution in [0.3, 0.4) is 0 Å². The smallest absolute Gasteiger partial charge is 0.201 e.